The van der Waals surface area contributed by atoms with Crippen molar-refractivity contribution in [1.82, 2.24) is 0 Å². The van der Waals surface area contributed by atoms with Crippen molar-refractivity contribution in [3.8, 4) is 5.75 Å². The van der Waals surface area contributed by atoms with E-state index >= 15 is 0 Å². The highest BCUT2D eigenvalue weighted by Crippen LogP contribution is 2.26. The predicted molar refractivity (Wildman–Crippen MR) is 165 cm³/mol. The number of hydrogen-bond donors (Lipinski definition) is 1. The van der Waals surface area contributed by atoms with E-state index in [4.69, 9.17) is 16.3 Å². The number of carbonyl (C=O) groups is 1. The van der Waals surface area contributed by atoms with Gasteiger partial charge >= 0.3 is 0 Å². The molecule has 1 amide bonds. The van der Waals surface area contributed by atoms with Crippen LogP contribution in [-0.4, -0.2) is 12.5 Å². The molecule has 3 rings (SSSR count). The van der Waals surface area contributed by atoms with Crippen LogP contribution in [0.2, 0.25) is 5.02 Å². The molecule has 0 fully saturated rings. The van der Waals surface area contributed by atoms with E-state index in [1.54, 1.807) is 11.3 Å². The van der Waals surface area contributed by atoms with Crippen LogP contribution in [0.1, 0.15) is 100 Å². The van der Waals surface area contributed by atoms with Gasteiger partial charge in [-0.3, -0.25) is 4.79 Å². The fourth-order valence-electron chi connectivity index (χ4n) is 4.78. The molecule has 4 nitrogen and oxygen atoms in total. The molecule has 0 aliphatic carbocycles. The van der Waals surface area contributed by atoms with Crippen LogP contribution in [0.5, 0.6) is 5.75 Å². The number of nitrogens with zero attached hydrogens (tertiary/aromatic N) is 1. The van der Waals surface area contributed by atoms with Crippen LogP contribution < -0.4 is 31.6 Å². The van der Waals surface area contributed by atoms with Crippen molar-refractivity contribution in [2.45, 2.75) is 104 Å². The Morgan fingerprint density at radius 1 is 0.925 bits per heavy atom. The fraction of sp³-hybridized carbons (Fsp3) is 0.515. The normalized spacial score (nSPS) is 10.8. The molecule has 0 aliphatic rings. The Hall–Kier alpha value is -1.89. The summed E-state index contributed by atoms with van der Waals surface area (Å²) >= 11 is 8.10. The van der Waals surface area contributed by atoms with Crippen LogP contribution >= 0.6 is 22.9 Å². The quantitative estimate of drug-likeness (QED) is 0.122. The highest BCUT2D eigenvalue weighted by molar-refractivity contribution is 7.09. The summed E-state index contributed by atoms with van der Waals surface area (Å²) in [6.07, 6.45) is 18.2. The zero-order chi connectivity index (χ0) is 27.7. The number of carbonyl (C=O) groups excluding carboxylic acids is 1. The Bertz CT molecular complexity index is 1140. The molecule has 0 atom stereocenters. The molecule has 0 spiro atoms. The molecule has 220 valence electrons. The van der Waals surface area contributed by atoms with Crippen LogP contribution in [0.15, 0.2) is 54.0 Å². The zero-order valence-corrected chi connectivity index (χ0v) is 27.4. The topological polar surface area (TPSA) is 42.2 Å². The van der Waals surface area contributed by atoms with Crippen molar-refractivity contribution in [2.24, 2.45) is 0 Å². The highest BCUT2D eigenvalue weighted by Gasteiger charge is 2.14. The maximum absolute atomic E-state index is 12.9. The van der Waals surface area contributed by atoms with Crippen molar-refractivity contribution in [3.63, 3.8) is 0 Å². The van der Waals surface area contributed by atoms with Gasteiger partial charge in [0.2, 0.25) is 10.9 Å². The second-order valence-electron chi connectivity index (χ2n) is 10.4. The van der Waals surface area contributed by atoms with Crippen LogP contribution in [0.25, 0.3) is 0 Å². The molecule has 1 aromatic heterocycles. The molecule has 3 aromatic rings. The van der Waals surface area contributed by atoms with Gasteiger partial charge in [0.15, 0.2) is 12.7 Å². The van der Waals surface area contributed by atoms with Crippen molar-refractivity contribution >= 4 is 34.5 Å². The summed E-state index contributed by atoms with van der Waals surface area (Å²) in [6.45, 7) is 5.75. The van der Waals surface area contributed by atoms with Crippen molar-refractivity contribution in [2.75, 3.05) is 11.9 Å². The van der Waals surface area contributed by atoms with Crippen molar-refractivity contribution < 1.29 is 31.1 Å². The number of ether oxygens (including phenoxy) is 1. The molecule has 2 aromatic carbocycles. The second kappa shape index (κ2) is 20.1. The average Bonchev–Trinajstić information content (AvgIpc) is 3.33. The van der Waals surface area contributed by atoms with Gasteiger partial charge in [0, 0.05) is 12.5 Å². The number of unbranched alkanes of at least 4 members (excludes halogenated alkanes) is 11. The number of hydrogen-bond acceptors (Lipinski definition) is 3. The number of benzene rings is 2. The van der Waals surface area contributed by atoms with Gasteiger partial charge < -0.3 is 27.0 Å². The SMILES string of the molecule is CCCCCCCCCCCCCCOc1cc(CC(=O)Nc2ccccc2C[n+]2ccsc2C)ccc1Cl.[Br-]. The summed E-state index contributed by atoms with van der Waals surface area (Å²) in [5, 5.41) is 7.00. The Morgan fingerprint density at radius 2 is 1.57 bits per heavy atom. The summed E-state index contributed by atoms with van der Waals surface area (Å²) in [4.78, 5) is 12.9. The molecular formula is C33H46BrClN2O2S. The monoisotopic (exact) mass is 648 g/mol. The largest absolute Gasteiger partial charge is 1.00 e. The molecular weight excluding hydrogens is 604 g/mol. The second-order valence-corrected chi connectivity index (χ2v) is 11.9. The zero-order valence-electron chi connectivity index (χ0n) is 24.2. The first-order valence-electron chi connectivity index (χ1n) is 14.8. The minimum atomic E-state index is -0.0521. The van der Waals surface area contributed by atoms with E-state index in [2.05, 4.69) is 41.4 Å². The number of aryl methyl sites for hydroxylation is 1. The Morgan fingerprint density at radius 3 is 2.23 bits per heavy atom. The number of para-hydroxylation sites is 1. The molecule has 0 radical (unpaired) electrons. The standard InChI is InChI=1S/C33H45ClN2O2S.BrH/c1-3-4-5-6-7-8-9-10-11-12-13-16-22-38-32-24-28(19-20-30(32)34)25-33(37)35-31-18-15-14-17-29(31)26-36-21-23-39-27(36)2;/h14-15,17-21,23-24H,3-13,16,22,25-26H2,1-2H3;1H. The van der Waals surface area contributed by atoms with E-state index in [1.165, 1.54) is 75.6 Å². The third kappa shape index (κ3) is 12.7. The maximum atomic E-state index is 12.9. The maximum Gasteiger partial charge on any atom is 0.234 e. The van der Waals surface area contributed by atoms with Gasteiger partial charge in [0.1, 0.15) is 5.75 Å². The Balaban J connectivity index is 0.00000560. The molecule has 0 aliphatic heterocycles. The molecule has 0 bridgehead atoms. The summed E-state index contributed by atoms with van der Waals surface area (Å²) in [5.41, 5.74) is 2.82. The van der Waals surface area contributed by atoms with Crippen molar-refractivity contribution in [1.29, 1.82) is 0 Å². The van der Waals surface area contributed by atoms with Crippen molar-refractivity contribution in [3.05, 3.63) is 75.2 Å². The van der Waals surface area contributed by atoms with E-state index in [0.29, 0.717) is 17.4 Å². The lowest BCUT2D eigenvalue weighted by molar-refractivity contribution is -0.689. The van der Waals surface area contributed by atoms with Gasteiger partial charge in [0.25, 0.3) is 0 Å². The number of halogens is 2. The molecule has 1 N–H and O–H groups in total. The molecule has 40 heavy (non-hydrogen) atoms. The first-order chi connectivity index (χ1) is 19.1. The minimum absolute atomic E-state index is 0. The summed E-state index contributed by atoms with van der Waals surface area (Å²) in [5.74, 6) is 0.610. The Kier molecular flexibility index (Phi) is 17.2. The molecule has 0 saturated heterocycles. The first-order valence-corrected chi connectivity index (χ1v) is 16.0. The smallest absolute Gasteiger partial charge is 0.234 e. The van der Waals surface area contributed by atoms with Gasteiger partial charge in [-0.1, -0.05) is 125 Å². The third-order valence-corrected chi connectivity index (χ3v) is 8.28. The predicted octanol–water partition coefficient (Wildman–Crippen LogP) is 6.31. The average molecular weight is 650 g/mol. The number of amides is 1. The number of aromatic nitrogens is 1. The van der Waals surface area contributed by atoms with Gasteiger partial charge in [-0.05, 0) is 30.2 Å². The van der Waals surface area contributed by atoms with E-state index in [-0.39, 0.29) is 29.3 Å². The van der Waals surface area contributed by atoms with E-state index in [1.807, 2.05) is 36.4 Å². The first kappa shape index (κ1) is 34.3. The lowest BCUT2D eigenvalue weighted by Crippen LogP contribution is -3.00. The summed E-state index contributed by atoms with van der Waals surface area (Å²) in [6, 6.07) is 13.6. The lowest BCUT2D eigenvalue weighted by atomic mass is 10.1. The number of anilines is 1. The number of nitrogens with one attached hydrogen (secondary N) is 1. The van der Waals surface area contributed by atoms with Gasteiger partial charge in [-0.15, -0.1) is 0 Å². The summed E-state index contributed by atoms with van der Waals surface area (Å²) in [7, 11) is 0. The minimum Gasteiger partial charge on any atom is -1.00 e. The van der Waals surface area contributed by atoms with Crippen LogP contribution in [0.4, 0.5) is 5.69 Å². The molecule has 1 heterocycles. The van der Waals surface area contributed by atoms with E-state index in [9.17, 15) is 4.79 Å². The fourth-order valence-corrected chi connectivity index (χ4v) is 5.61. The number of rotatable bonds is 19. The third-order valence-electron chi connectivity index (χ3n) is 7.13. The van der Waals surface area contributed by atoms with Gasteiger partial charge in [0.05, 0.1) is 29.1 Å². The van der Waals surface area contributed by atoms with Crippen LogP contribution in [0.3, 0.4) is 0 Å². The van der Waals surface area contributed by atoms with Gasteiger partial charge in [-0.25, -0.2) is 0 Å². The van der Waals surface area contributed by atoms with E-state index in [0.717, 1.165) is 29.8 Å². The van der Waals surface area contributed by atoms with Crippen LogP contribution in [-0.2, 0) is 17.8 Å². The number of thiazole rings is 1. The lowest BCUT2D eigenvalue weighted by Gasteiger charge is -2.12. The molecule has 0 unspecified atom stereocenters. The highest BCUT2D eigenvalue weighted by atomic mass is 79.9. The Labute approximate surface area is 261 Å². The molecule has 0 saturated carbocycles. The van der Waals surface area contributed by atoms with Gasteiger partial charge in [-0.2, -0.15) is 4.57 Å². The van der Waals surface area contributed by atoms with Crippen LogP contribution in [0, 0.1) is 6.92 Å². The summed E-state index contributed by atoms with van der Waals surface area (Å²) < 4.78 is 8.18. The van der Waals surface area contributed by atoms with E-state index < -0.39 is 0 Å². The molecule has 7 heteroatoms.